The van der Waals surface area contributed by atoms with Gasteiger partial charge in [0, 0.05) is 16.6 Å². The van der Waals surface area contributed by atoms with Gasteiger partial charge in [0.25, 0.3) is 0 Å². The molecule has 2 rings (SSSR count). The fraction of sp³-hybridized carbons (Fsp3) is 0.364. The van der Waals surface area contributed by atoms with Crippen molar-refractivity contribution in [2.45, 2.75) is 36.1 Å². The Bertz CT molecular complexity index is 522. The van der Waals surface area contributed by atoms with Crippen molar-refractivity contribution in [1.29, 1.82) is 0 Å². The monoisotopic (exact) mass is 266 g/mol. The minimum absolute atomic E-state index is 0.305. The van der Waals surface area contributed by atoms with Crippen molar-refractivity contribution in [3.8, 4) is 0 Å². The zero-order chi connectivity index (χ0) is 12.4. The SMILES string of the molecule is Cc1csc(Sc2ncnc(N)c2C(C)C)n1. The fourth-order valence-electron chi connectivity index (χ4n) is 1.48. The van der Waals surface area contributed by atoms with E-state index in [0.29, 0.717) is 11.7 Å². The average Bonchev–Trinajstić information content (AvgIpc) is 2.63. The highest BCUT2D eigenvalue weighted by Crippen LogP contribution is 2.35. The summed E-state index contributed by atoms with van der Waals surface area (Å²) in [6.07, 6.45) is 1.50. The number of nitrogens with two attached hydrogens (primary N) is 1. The zero-order valence-electron chi connectivity index (χ0n) is 9.97. The van der Waals surface area contributed by atoms with E-state index in [9.17, 15) is 0 Å². The molecule has 0 amide bonds. The van der Waals surface area contributed by atoms with Crippen LogP contribution in [0.15, 0.2) is 21.1 Å². The minimum Gasteiger partial charge on any atom is -0.383 e. The lowest BCUT2D eigenvalue weighted by Crippen LogP contribution is -2.03. The Kier molecular flexibility index (Phi) is 3.63. The molecule has 0 radical (unpaired) electrons. The zero-order valence-corrected chi connectivity index (χ0v) is 11.6. The Morgan fingerprint density at radius 2 is 2.12 bits per heavy atom. The number of rotatable bonds is 3. The summed E-state index contributed by atoms with van der Waals surface area (Å²) < 4.78 is 0.988. The number of aryl methyl sites for hydroxylation is 1. The van der Waals surface area contributed by atoms with Crippen molar-refractivity contribution in [3.63, 3.8) is 0 Å². The van der Waals surface area contributed by atoms with Crippen molar-refractivity contribution in [3.05, 3.63) is 23.0 Å². The molecule has 4 nitrogen and oxygen atoms in total. The van der Waals surface area contributed by atoms with Gasteiger partial charge in [-0.05, 0) is 24.6 Å². The van der Waals surface area contributed by atoms with Crippen molar-refractivity contribution < 1.29 is 0 Å². The van der Waals surface area contributed by atoms with E-state index in [0.717, 1.165) is 20.6 Å². The number of aromatic nitrogens is 3. The quantitative estimate of drug-likeness (QED) is 0.865. The standard InChI is InChI=1S/C11H14N4S2/c1-6(2)8-9(12)13-5-14-10(8)17-11-15-7(3)4-16-11/h4-6H,1-3H3,(H2,12,13,14). The van der Waals surface area contributed by atoms with E-state index in [-0.39, 0.29) is 0 Å². The van der Waals surface area contributed by atoms with Crippen molar-refractivity contribution in [2.75, 3.05) is 5.73 Å². The molecule has 2 N–H and O–H groups in total. The normalized spacial score (nSPS) is 11.1. The molecule has 6 heteroatoms. The molecule has 0 fully saturated rings. The third-order valence-electron chi connectivity index (χ3n) is 2.24. The Labute approximate surface area is 109 Å². The van der Waals surface area contributed by atoms with E-state index < -0.39 is 0 Å². The molecule has 0 unspecified atom stereocenters. The highest BCUT2D eigenvalue weighted by molar-refractivity contribution is 8.01. The van der Waals surface area contributed by atoms with Crippen LogP contribution in [0.5, 0.6) is 0 Å². The third-order valence-corrected chi connectivity index (χ3v) is 4.31. The van der Waals surface area contributed by atoms with Crippen LogP contribution >= 0.6 is 23.1 Å². The molecular weight excluding hydrogens is 252 g/mol. The molecule has 0 aromatic carbocycles. The van der Waals surface area contributed by atoms with Gasteiger partial charge in [-0.3, -0.25) is 0 Å². The van der Waals surface area contributed by atoms with Gasteiger partial charge in [0.2, 0.25) is 0 Å². The summed E-state index contributed by atoms with van der Waals surface area (Å²) in [6.45, 7) is 6.16. The molecule has 0 saturated carbocycles. The largest absolute Gasteiger partial charge is 0.383 e. The maximum absolute atomic E-state index is 5.90. The van der Waals surface area contributed by atoms with Crippen LogP contribution in [0, 0.1) is 6.92 Å². The molecule has 90 valence electrons. The first-order valence-electron chi connectivity index (χ1n) is 5.28. The van der Waals surface area contributed by atoms with Crippen LogP contribution in [0.2, 0.25) is 0 Å². The molecule has 0 bridgehead atoms. The molecular formula is C11H14N4S2. The topological polar surface area (TPSA) is 64.7 Å². The van der Waals surface area contributed by atoms with Crippen LogP contribution in [0.1, 0.15) is 31.0 Å². The molecule has 0 aliphatic heterocycles. The lowest BCUT2D eigenvalue weighted by Gasteiger charge is -2.11. The molecule has 0 aliphatic carbocycles. The first-order chi connectivity index (χ1) is 8.08. The van der Waals surface area contributed by atoms with Gasteiger partial charge in [-0.25, -0.2) is 15.0 Å². The van der Waals surface area contributed by atoms with E-state index in [1.54, 1.807) is 23.1 Å². The van der Waals surface area contributed by atoms with Gasteiger partial charge in [-0.1, -0.05) is 13.8 Å². The van der Waals surface area contributed by atoms with Gasteiger partial charge in [0.05, 0.1) is 0 Å². The molecule has 0 spiro atoms. The molecule has 2 aromatic heterocycles. The van der Waals surface area contributed by atoms with Gasteiger partial charge in [0.15, 0.2) is 4.34 Å². The van der Waals surface area contributed by atoms with Crippen LogP contribution in [-0.2, 0) is 0 Å². The van der Waals surface area contributed by atoms with Gasteiger partial charge >= 0.3 is 0 Å². The second-order valence-corrected chi connectivity index (χ2v) is 6.08. The summed E-state index contributed by atoms with van der Waals surface area (Å²) in [5.74, 6) is 0.866. The van der Waals surface area contributed by atoms with Crippen molar-refractivity contribution in [1.82, 2.24) is 15.0 Å². The number of thiazole rings is 1. The summed E-state index contributed by atoms with van der Waals surface area (Å²) in [5.41, 5.74) is 7.94. The Morgan fingerprint density at radius 1 is 1.35 bits per heavy atom. The number of nitrogen functional groups attached to an aromatic ring is 1. The molecule has 0 saturated heterocycles. The van der Waals surface area contributed by atoms with Crippen LogP contribution in [0.4, 0.5) is 5.82 Å². The van der Waals surface area contributed by atoms with E-state index in [4.69, 9.17) is 5.73 Å². The summed E-state index contributed by atoms with van der Waals surface area (Å²) in [6, 6.07) is 0. The lowest BCUT2D eigenvalue weighted by atomic mass is 10.1. The summed E-state index contributed by atoms with van der Waals surface area (Å²) in [4.78, 5) is 12.8. The van der Waals surface area contributed by atoms with Gasteiger partial charge in [0.1, 0.15) is 17.2 Å². The summed E-state index contributed by atoms with van der Waals surface area (Å²) >= 11 is 3.18. The lowest BCUT2D eigenvalue weighted by molar-refractivity contribution is 0.808. The second kappa shape index (κ2) is 5.01. The summed E-state index contributed by atoms with van der Waals surface area (Å²) in [7, 11) is 0. The Hall–Kier alpha value is -1.14. The third kappa shape index (κ3) is 2.76. The maximum atomic E-state index is 5.90. The van der Waals surface area contributed by atoms with Crippen molar-refractivity contribution in [2.24, 2.45) is 0 Å². The van der Waals surface area contributed by atoms with Crippen molar-refractivity contribution >= 4 is 28.9 Å². The second-order valence-electron chi connectivity index (χ2n) is 3.99. The maximum Gasteiger partial charge on any atom is 0.156 e. The van der Waals surface area contributed by atoms with E-state index in [1.807, 2.05) is 12.3 Å². The molecule has 17 heavy (non-hydrogen) atoms. The van der Waals surface area contributed by atoms with Gasteiger partial charge < -0.3 is 5.73 Å². The van der Waals surface area contributed by atoms with E-state index in [2.05, 4.69) is 28.8 Å². The fourth-order valence-corrected chi connectivity index (χ4v) is 3.48. The van der Waals surface area contributed by atoms with Crippen LogP contribution in [0.3, 0.4) is 0 Å². The average molecular weight is 266 g/mol. The van der Waals surface area contributed by atoms with Crippen LogP contribution in [-0.4, -0.2) is 15.0 Å². The van der Waals surface area contributed by atoms with Crippen LogP contribution < -0.4 is 5.73 Å². The predicted molar refractivity (Wildman–Crippen MR) is 71.5 cm³/mol. The smallest absolute Gasteiger partial charge is 0.156 e. The summed E-state index contributed by atoms with van der Waals surface area (Å²) in [5, 5.41) is 2.93. The molecule has 0 aliphatic rings. The number of hydrogen-bond acceptors (Lipinski definition) is 6. The van der Waals surface area contributed by atoms with E-state index in [1.165, 1.54) is 6.33 Å². The first kappa shape index (κ1) is 12.3. The molecule has 0 atom stereocenters. The molecule has 2 aromatic rings. The molecule has 2 heterocycles. The number of hydrogen-bond donors (Lipinski definition) is 1. The highest BCUT2D eigenvalue weighted by Gasteiger charge is 2.15. The first-order valence-corrected chi connectivity index (χ1v) is 6.98. The number of anilines is 1. The number of nitrogens with zero attached hydrogens (tertiary/aromatic N) is 3. The van der Waals surface area contributed by atoms with Gasteiger partial charge in [-0.15, -0.1) is 11.3 Å². The predicted octanol–water partition coefficient (Wildman–Crippen LogP) is 3.10. The van der Waals surface area contributed by atoms with Crippen LogP contribution in [0.25, 0.3) is 0 Å². The van der Waals surface area contributed by atoms with Gasteiger partial charge in [-0.2, -0.15) is 0 Å². The highest BCUT2D eigenvalue weighted by atomic mass is 32.2. The Balaban J connectivity index is 2.35. The van der Waals surface area contributed by atoms with E-state index >= 15 is 0 Å². The minimum atomic E-state index is 0.305. The Morgan fingerprint density at radius 3 is 2.71 bits per heavy atom.